The monoisotopic (exact) mass is 211 g/mol. The molecule has 1 rings (SSSR count). The van der Waals surface area contributed by atoms with Crippen LogP contribution in [0.2, 0.25) is 0 Å². The first-order chi connectivity index (χ1) is 6.70. The van der Waals surface area contributed by atoms with Crippen LogP contribution < -0.4 is 5.32 Å². The Morgan fingerprint density at radius 1 is 1.36 bits per heavy atom. The molecule has 1 nitrogen and oxygen atoms in total. The molecular weight excluding hydrogens is 190 g/mol. The molecule has 0 saturated carbocycles. The summed E-state index contributed by atoms with van der Waals surface area (Å²) in [5.41, 5.74) is 0. The molecule has 0 fully saturated rings. The van der Waals surface area contributed by atoms with Gasteiger partial charge in [0, 0.05) is 10.9 Å². The Morgan fingerprint density at radius 2 is 2.14 bits per heavy atom. The third-order valence-corrected chi connectivity index (χ3v) is 3.43. The SMILES string of the molecule is CC(C)CCCNC(C)c1cccs1. The van der Waals surface area contributed by atoms with Crippen LogP contribution in [-0.2, 0) is 0 Å². The van der Waals surface area contributed by atoms with Gasteiger partial charge in [0.15, 0.2) is 0 Å². The van der Waals surface area contributed by atoms with Crippen LogP contribution in [0.1, 0.15) is 44.5 Å². The summed E-state index contributed by atoms with van der Waals surface area (Å²) in [4.78, 5) is 1.44. The van der Waals surface area contributed by atoms with Crippen LogP contribution in [-0.4, -0.2) is 6.54 Å². The molecule has 0 saturated heterocycles. The van der Waals surface area contributed by atoms with Gasteiger partial charge in [-0.3, -0.25) is 0 Å². The van der Waals surface area contributed by atoms with Crippen molar-refractivity contribution in [3.8, 4) is 0 Å². The minimum atomic E-state index is 0.516. The molecule has 1 N–H and O–H groups in total. The van der Waals surface area contributed by atoms with Crippen molar-refractivity contribution in [2.45, 2.75) is 39.7 Å². The Morgan fingerprint density at radius 3 is 2.71 bits per heavy atom. The molecule has 0 aliphatic heterocycles. The average molecular weight is 211 g/mol. The van der Waals surface area contributed by atoms with Crippen molar-refractivity contribution in [3.05, 3.63) is 22.4 Å². The summed E-state index contributed by atoms with van der Waals surface area (Å²) >= 11 is 1.83. The molecule has 14 heavy (non-hydrogen) atoms. The molecule has 0 spiro atoms. The lowest BCUT2D eigenvalue weighted by molar-refractivity contribution is 0.500. The summed E-state index contributed by atoms with van der Waals surface area (Å²) in [6.07, 6.45) is 2.61. The van der Waals surface area contributed by atoms with Crippen molar-refractivity contribution in [2.24, 2.45) is 5.92 Å². The van der Waals surface area contributed by atoms with Gasteiger partial charge in [0.25, 0.3) is 0 Å². The molecular formula is C12H21NS. The second-order valence-corrected chi connectivity index (χ2v) is 5.21. The molecule has 1 aromatic heterocycles. The molecule has 2 heteroatoms. The van der Waals surface area contributed by atoms with E-state index in [1.54, 1.807) is 0 Å². The maximum Gasteiger partial charge on any atom is 0.0386 e. The second-order valence-electron chi connectivity index (χ2n) is 4.23. The van der Waals surface area contributed by atoms with Crippen LogP contribution in [0, 0.1) is 5.92 Å². The van der Waals surface area contributed by atoms with E-state index in [1.165, 1.54) is 17.7 Å². The summed E-state index contributed by atoms with van der Waals surface area (Å²) in [6.45, 7) is 7.93. The minimum absolute atomic E-state index is 0.516. The van der Waals surface area contributed by atoms with Gasteiger partial charge in [-0.15, -0.1) is 11.3 Å². The number of thiophene rings is 1. The molecule has 80 valence electrons. The lowest BCUT2D eigenvalue weighted by Crippen LogP contribution is -2.19. The molecule has 0 amide bonds. The molecule has 1 aromatic rings. The maximum atomic E-state index is 3.55. The Bertz CT molecular complexity index is 228. The fraction of sp³-hybridized carbons (Fsp3) is 0.667. The summed E-state index contributed by atoms with van der Waals surface area (Å²) in [6, 6.07) is 4.83. The van der Waals surface area contributed by atoms with Crippen LogP contribution in [0.15, 0.2) is 17.5 Å². The van der Waals surface area contributed by atoms with E-state index in [9.17, 15) is 0 Å². The highest BCUT2D eigenvalue weighted by atomic mass is 32.1. The van der Waals surface area contributed by atoms with E-state index in [-0.39, 0.29) is 0 Å². The van der Waals surface area contributed by atoms with E-state index < -0.39 is 0 Å². The number of nitrogens with one attached hydrogen (secondary N) is 1. The topological polar surface area (TPSA) is 12.0 Å². The van der Waals surface area contributed by atoms with Crippen LogP contribution in [0.25, 0.3) is 0 Å². The third-order valence-electron chi connectivity index (χ3n) is 2.38. The summed E-state index contributed by atoms with van der Waals surface area (Å²) in [7, 11) is 0. The Kier molecular flexibility index (Phi) is 5.20. The Labute approximate surface area is 91.5 Å². The van der Waals surface area contributed by atoms with Crippen molar-refractivity contribution < 1.29 is 0 Å². The van der Waals surface area contributed by atoms with Crippen molar-refractivity contribution in [2.75, 3.05) is 6.54 Å². The molecule has 0 bridgehead atoms. The van der Waals surface area contributed by atoms with Gasteiger partial charge in [-0.2, -0.15) is 0 Å². The van der Waals surface area contributed by atoms with Gasteiger partial charge in [0.05, 0.1) is 0 Å². The quantitative estimate of drug-likeness (QED) is 0.705. The van der Waals surface area contributed by atoms with Crippen molar-refractivity contribution in [1.82, 2.24) is 5.32 Å². The zero-order valence-corrected chi connectivity index (χ0v) is 10.2. The standard InChI is InChI=1S/C12H21NS/c1-10(2)6-4-8-13-11(3)12-7-5-9-14-12/h5,7,9-11,13H,4,6,8H2,1-3H3. The fourth-order valence-corrected chi connectivity index (χ4v) is 2.23. The zero-order valence-electron chi connectivity index (χ0n) is 9.42. The maximum absolute atomic E-state index is 3.55. The first kappa shape index (κ1) is 11.7. The lowest BCUT2D eigenvalue weighted by Gasteiger charge is -2.12. The molecule has 1 unspecified atom stereocenters. The van der Waals surface area contributed by atoms with Crippen molar-refractivity contribution in [1.29, 1.82) is 0 Å². The number of hydrogen-bond acceptors (Lipinski definition) is 2. The second kappa shape index (κ2) is 6.20. The average Bonchev–Trinajstić information content (AvgIpc) is 2.64. The predicted octanol–water partition coefficient (Wildman–Crippen LogP) is 3.83. The van der Waals surface area contributed by atoms with E-state index in [2.05, 4.69) is 43.6 Å². The highest BCUT2D eigenvalue weighted by Crippen LogP contribution is 2.17. The van der Waals surface area contributed by atoms with Gasteiger partial charge in [0.2, 0.25) is 0 Å². The van der Waals surface area contributed by atoms with E-state index in [4.69, 9.17) is 0 Å². The normalized spacial score (nSPS) is 13.4. The van der Waals surface area contributed by atoms with Crippen molar-refractivity contribution >= 4 is 11.3 Å². The lowest BCUT2D eigenvalue weighted by atomic mass is 10.1. The summed E-state index contributed by atoms with van der Waals surface area (Å²) < 4.78 is 0. The smallest absolute Gasteiger partial charge is 0.0386 e. The molecule has 0 radical (unpaired) electrons. The highest BCUT2D eigenvalue weighted by molar-refractivity contribution is 7.10. The zero-order chi connectivity index (χ0) is 10.4. The Hall–Kier alpha value is -0.340. The van der Waals surface area contributed by atoms with E-state index in [0.29, 0.717) is 6.04 Å². The molecule has 1 heterocycles. The predicted molar refractivity (Wildman–Crippen MR) is 64.8 cm³/mol. The largest absolute Gasteiger partial charge is 0.309 e. The van der Waals surface area contributed by atoms with Crippen LogP contribution in [0.3, 0.4) is 0 Å². The van der Waals surface area contributed by atoms with Crippen LogP contribution in [0.5, 0.6) is 0 Å². The first-order valence-electron chi connectivity index (χ1n) is 5.47. The van der Waals surface area contributed by atoms with Gasteiger partial charge in [-0.1, -0.05) is 19.9 Å². The summed E-state index contributed by atoms with van der Waals surface area (Å²) in [5.74, 6) is 0.828. The minimum Gasteiger partial charge on any atom is -0.309 e. The van der Waals surface area contributed by atoms with Gasteiger partial charge >= 0.3 is 0 Å². The van der Waals surface area contributed by atoms with Gasteiger partial charge in [-0.05, 0) is 43.7 Å². The van der Waals surface area contributed by atoms with Crippen LogP contribution >= 0.6 is 11.3 Å². The van der Waals surface area contributed by atoms with Gasteiger partial charge in [0.1, 0.15) is 0 Å². The van der Waals surface area contributed by atoms with E-state index >= 15 is 0 Å². The van der Waals surface area contributed by atoms with E-state index in [0.717, 1.165) is 12.5 Å². The first-order valence-corrected chi connectivity index (χ1v) is 6.35. The molecule has 1 atom stereocenters. The highest BCUT2D eigenvalue weighted by Gasteiger charge is 2.04. The van der Waals surface area contributed by atoms with Crippen LogP contribution in [0.4, 0.5) is 0 Å². The van der Waals surface area contributed by atoms with Gasteiger partial charge in [-0.25, -0.2) is 0 Å². The van der Waals surface area contributed by atoms with Crippen molar-refractivity contribution in [3.63, 3.8) is 0 Å². The Balaban J connectivity index is 2.13. The number of hydrogen-bond donors (Lipinski definition) is 1. The number of rotatable bonds is 6. The molecule has 0 aliphatic rings. The third kappa shape index (κ3) is 4.25. The summed E-state index contributed by atoms with van der Waals surface area (Å²) in [5, 5.41) is 5.69. The van der Waals surface area contributed by atoms with E-state index in [1.807, 2.05) is 11.3 Å². The molecule has 0 aromatic carbocycles. The fourth-order valence-electron chi connectivity index (χ4n) is 1.47. The molecule has 0 aliphatic carbocycles. The van der Waals surface area contributed by atoms with Gasteiger partial charge < -0.3 is 5.32 Å².